The highest BCUT2D eigenvalue weighted by molar-refractivity contribution is 7.99. The van der Waals surface area contributed by atoms with Crippen molar-refractivity contribution >= 4 is 17.7 Å². The molecule has 5 nitrogen and oxygen atoms in total. The highest BCUT2D eigenvalue weighted by Crippen LogP contribution is 2.49. The molecule has 1 aromatic rings. The van der Waals surface area contributed by atoms with Crippen LogP contribution in [-0.2, 0) is 0 Å². The Hall–Kier alpha value is -1.30. The van der Waals surface area contributed by atoms with Crippen molar-refractivity contribution in [1.82, 2.24) is 9.97 Å². The Morgan fingerprint density at radius 3 is 2.85 bits per heavy atom. The van der Waals surface area contributed by atoms with Crippen LogP contribution in [-0.4, -0.2) is 26.8 Å². The molecule has 2 N–H and O–H groups in total. The lowest BCUT2D eigenvalue weighted by Gasteiger charge is -2.21. The fourth-order valence-corrected chi connectivity index (χ4v) is 4.99. The molecule has 0 aromatic carbocycles. The molecule has 108 valence electrons. The standard InChI is InChI=1S/C14H18N2O3S/c1-7-11(13(17)18)12(16-14(19)15-7)20-6-10-5-8-2-3-9(10)4-8/h8-10H,2-6H2,1H3,(H,17,18)(H,15,16,19). The van der Waals surface area contributed by atoms with Gasteiger partial charge in [0.15, 0.2) is 0 Å². The minimum atomic E-state index is -1.03. The molecule has 0 radical (unpaired) electrons. The minimum absolute atomic E-state index is 0.137. The molecule has 2 fully saturated rings. The van der Waals surface area contributed by atoms with Gasteiger partial charge in [0.1, 0.15) is 10.6 Å². The highest BCUT2D eigenvalue weighted by atomic mass is 32.2. The van der Waals surface area contributed by atoms with Crippen molar-refractivity contribution in [3.8, 4) is 0 Å². The van der Waals surface area contributed by atoms with Gasteiger partial charge in [0.05, 0.1) is 0 Å². The quantitative estimate of drug-likeness (QED) is 0.657. The van der Waals surface area contributed by atoms with Crippen molar-refractivity contribution in [2.24, 2.45) is 17.8 Å². The lowest BCUT2D eigenvalue weighted by molar-refractivity contribution is 0.0690. The molecule has 6 heteroatoms. The van der Waals surface area contributed by atoms with Gasteiger partial charge in [-0.25, -0.2) is 9.59 Å². The first kappa shape index (κ1) is 13.7. The van der Waals surface area contributed by atoms with Crippen molar-refractivity contribution in [3.05, 3.63) is 21.7 Å². The van der Waals surface area contributed by atoms with E-state index in [-0.39, 0.29) is 5.56 Å². The first-order valence-corrected chi connectivity index (χ1v) is 8.00. The number of aromatic amines is 1. The van der Waals surface area contributed by atoms with Gasteiger partial charge >= 0.3 is 11.7 Å². The van der Waals surface area contributed by atoms with E-state index in [1.165, 1.54) is 37.4 Å². The molecule has 3 unspecified atom stereocenters. The third-order valence-corrected chi connectivity index (χ3v) is 5.78. The number of hydrogen-bond acceptors (Lipinski definition) is 4. The van der Waals surface area contributed by atoms with E-state index < -0.39 is 11.7 Å². The second kappa shape index (κ2) is 5.24. The van der Waals surface area contributed by atoms with Crippen LogP contribution in [0.3, 0.4) is 0 Å². The average molecular weight is 294 g/mol. The maximum Gasteiger partial charge on any atom is 0.346 e. The number of fused-ring (bicyclic) bond motifs is 2. The number of nitrogens with one attached hydrogen (secondary N) is 1. The summed E-state index contributed by atoms with van der Waals surface area (Å²) < 4.78 is 0. The first-order chi connectivity index (χ1) is 9.54. The van der Waals surface area contributed by atoms with Gasteiger partial charge in [0.25, 0.3) is 0 Å². The highest BCUT2D eigenvalue weighted by Gasteiger charge is 2.39. The number of aryl methyl sites for hydroxylation is 1. The van der Waals surface area contributed by atoms with Crippen LogP contribution in [0.25, 0.3) is 0 Å². The number of aromatic nitrogens is 2. The number of H-pyrrole nitrogens is 1. The van der Waals surface area contributed by atoms with Crippen LogP contribution in [0, 0.1) is 24.7 Å². The van der Waals surface area contributed by atoms with Gasteiger partial charge in [0, 0.05) is 11.4 Å². The molecule has 1 heterocycles. The van der Waals surface area contributed by atoms with Gasteiger partial charge in [-0.3, -0.25) is 0 Å². The van der Waals surface area contributed by atoms with E-state index in [0.717, 1.165) is 17.6 Å². The summed E-state index contributed by atoms with van der Waals surface area (Å²) in [6.07, 6.45) is 5.25. The van der Waals surface area contributed by atoms with E-state index in [1.807, 2.05) is 0 Å². The number of carboxylic acids is 1. The van der Waals surface area contributed by atoms with E-state index in [1.54, 1.807) is 6.92 Å². The van der Waals surface area contributed by atoms with Gasteiger partial charge in [0.2, 0.25) is 0 Å². The Kier molecular flexibility index (Phi) is 3.58. The Morgan fingerprint density at radius 2 is 2.25 bits per heavy atom. The molecule has 2 saturated carbocycles. The van der Waals surface area contributed by atoms with Crippen LogP contribution in [0.1, 0.15) is 41.7 Å². The molecule has 2 aliphatic carbocycles. The fraction of sp³-hybridized carbons (Fsp3) is 0.643. The third kappa shape index (κ3) is 2.49. The van der Waals surface area contributed by atoms with Gasteiger partial charge in [-0.2, -0.15) is 4.98 Å². The SMILES string of the molecule is Cc1[nH]c(=O)nc(SCC2CC3CCC2C3)c1C(=O)O. The monoisotopic (exact) mass is 294 g/mol. The summed E-state index contributed by atoms with van der Waals surface area (Å²) in [5.74, 6) is 2.17. The number of carboxylic acid groups (broad SMARTS) is 1. The van der Waals surface area contributed by atoms with Crippen molar-refractivity contribution in [3.63, 3.8) is 0 Å². The molecule has 3 atom stereocenters. The number of thioether (sulfide) groups is 1. The lowest BCUT2D eigenvalue weighted by Crippen LogP contribution is -2.19. The maximum atomic E-state index is 11.4. The lowest BCUT2D eigenvalue weighted by atomic mass is 9.90. The average Bonchev–Trinajstić information content (AvgIpc) is 2.96. The molecule has 0 saturated heterocycles. The summed E-state index contributed by atoms with van der Waals surface area (Å²) in [7, 11) is 0. The van der Waals surface area contributed by atoms with Gasteiger partial charge in [-0.05, 0) is 43.9 Å². The first-order valence-electron chi connectivity index (χ1n) is 7.01. The van der Waals surface area contributed by atoms with E-state index in [9.17, 15) is 14.7 Å². The number of aromatic carboxylic acids is 1. The molecule has 0 amide bonds. The smallest absolute Gasteiger partial charge is 0.346 e. The van der Waals surface area contributed by atoms with Crippen LogP contribution in [0.5, 0.6) is 0 Å². The van der Waals surface area contributed by atoms with E-state index in [2.05, 4.69) is 9.97 Å². The molecular formula is C14H18N2O3S. The normalized spacial score (nSPS) is 27.9. The van der Waals surface area contributed by atoms with Crippen LogP contribution in [0.4, 0.5) is 0 Å². The molecule has 1 aromatic heterocycles. The van der Waals surface area contributed by atoms with Gasteiger partial charge in [-0.15, -0.1) is 11.8 Å². The van der Waals surface area contributed by atoms with Crippen molar-refractivity contribution in [2.45, 2.75) is 37.6 Å². The zero-order valence-corrected chi connectivity index (χ0v) is 12.2. The Balaban J connectivity index is 1.77. The van der Waals surface area contributed by atoms with Crippen molar-refractivity contribution < 1.29 is 9.90 Å². The Morgan fingerprint density at radius 1 is 1.45 bits per heavy atom. The van der Waals surface area contributed by atoms with Crippen molar-refractivity contribution in [1.29, 1.82) is 0 Å². The van der Waals surface area contributed by atoms with E-state index in [4.69, 9.17) is 0 Å². The number of hydrogen-bond donors (Lipinski definition) is 2. The van der Waals surface area contributed by atoms with Gasteiger partial charge in [-0.1, -0.05) is 6.42 Å². The Bertz CT molecular complexity index is 599. The second-order valence-corrected chi connectivity index (χ2v) is 6.91. The third-order valence-electron chi connectivity index (χ3n) is 4.62. The molecule has 0 spiro atoms. The van der Waals surface area contributed by atoms with Crippen LogP contribution in [0.2, 0.25) is 0 Å². The number of carbonyl (C=O) groups is 1. The van der Waals surface area contributed by atoms with Crippen molar-refractivity contribution in [2.75, 3.05) is 5.75 Å². The number of nitrogens with zero attached hydrogens (tertiary/aromatic N) is 1. The molecule has 3 rings (SSSR count). The maximum absolute atomic E-state index is 11.4. The molecule has 2 aliphatic rings. The van der Waals surface area contributed by atoms with Crippen LogP contribution >= 0.6 is 11.8 Å². The Labute approximate surface area is 121 Å². The zero-order valence-electron chi connectivity index (χ0n) is 11.4. The fourth-order valence-electron chi connectivity index (χ4n) is 3.68. The second-order valence-electron chi connectivity index (χ2n) is 5.90. The van der Waals surface area contributed by atoms with E-state index in [0.29, 0.717) is 16.6 Å². The zero-order chi connectivity index (χ0) is 14.3. The topological polar surface area (TPSA) is 83.0 Å². The minimum Gasteiger partial charge on any atom is -0.478 e. The predicted octanol–water partition coefficient (Wildman–Crippen LogP) is 2.30. The summed E-state index contributed by atoms with van der Waals surface area (Å²) in [6.45, 7) is 1.61. The van der Waals surface area contributed by atoms with Crippen LogP contribution in [0.15, 0.2) is 9.82 Å². The summed E-state index contributed by atoms with van der Waals surface area (Å²) in [5, 5.41) is 9.62. The molecular weight excluding hydrogens is 276 g/mol. The van der Waals surface area contributed by atoms with Crippen LogP contribution < -0.4 is 5.69 Å². The summed E-state index contributed by atoms with van der Waals surface area (Å²) in [6, 6.07) is 0. The largest absolute Gasteiger partial charge is 0.478 e. The summed E-state index contributed by atoms with van der Waals surface area (Å²) >= 11 is 1.43. The number of rotatable bonds is 4. The molecule has 2 bridgehead atoms. The summed E-state index contributed by atoms with van der Waals surface area (Å²) in [5.41, 5.74) is 0.0497. The molecule has 0 aliphatic heterocycles. The predicted molar refractivity (Wildman–Crippen MR) is 76.2 cm³/mol. The molecule has 20 heavy (non-hydrogen) atoms. The summed E-state index contributed by atoms with van der Waals surface area (Å²) in [4.78, 5) is 29.0. The van der Waals surface area contributed by atoms with Gasteiger partial charge < -0.3 is 10.1 Å². The van der Waals surface area contributed by atoms with E-state index >= 15 is 0 Å².